The molecule has 0 aliphatic carbocycles. The van der Waals surface area contributed by atoms with Crippen LogP contribution in [0.15, 0.2) is 35.8 Å². The average Bonchev–Trinajstić information content (AvgIpc) is 3.13. The van der Waals surface area contributed by atoms with Gasteiger partial charge in [-0.25, -0.2) is 0 Å². The van der Waals surface area contributed by atoms with E-state index in [4.69, 9.17) is 9.84 Å². The van der Waals surface area contributed by atoms with E-state index in [2.05, 4.69) is 10.3 Å². The van der Waals surface area contributed by atoms with Crippen LogP contribution in [0.25, 0.3) is 4.96 Å². The maximum absolute atomic E-state index is 11.9. The van der Waals surface area contributed by atoms with Gasteiger partial charge in [0.25, 0.3) is 10.9 Å². The number of nitrogens with zero attached hydrogens (tertiary/aromatic N) is 3. The molecule has 0 atom stereocenters. The first kappa shape index (κ1) is 15.9. The van der Waals surface area contributed by atoms with E-state index in [1.807, 2.05) is 0 Å². The molecular formula is C14H12N4O5S. The summed E-state index contributed by atoms with van der Waals surface area (Å²) in [6.07, 6.45) is 1.54. The number of rotatable bonds is 6. The van der Waals surface area contributed by atoms with Crippen LogP contribution in [0.2, 0.25) is 0 Å². The Bertz CT molecular complexity index is 904. The van der Waals surface area contributed by atoms with Gasteiger partial charge in [0.05, 0.1) is 6.61 Å². The number of imidazole rings is 1. The molecule has 2 aromatic heterocycles. The summed E-state index contributed by atoms with van der Waals surface area (Å²) >= 11 is 1.25. The van der Waals surface area contributed by atoms with Gasteiger partial charge in [-0.15, -0.1) is 0 Å². The molecule has 10 heteroatoms. The number of nitro groups is 1. The lowest BCUT2D eigenvalue weighted by Gasteiger charge is -2.06. The number of nitrogens with one attached hydrogen (secondary N) is 1. The molecule has 9 nitrogen and oxygen atoms in total. The zero-order valence-corrected chi connectivity index (χ0v) is 13.0. The first-order valence-electron chi connectivity index (χ1n) is 6.87. The number of aliphatic hydroxyl groups is 1. The third-order valence-corrected chi connectivity index (χ3v) is 3.84. The lowest BCUT2D eigenvalue weighted by Crippen LogP contribution is -2.26. The van der Waals surface area contributed by atoms with Crippen LogP contribution in [0.3, 0.4) is 0 Å². The predicted octanol–water partition coefficient (Wildman–Crippen LogP) is 1.82. The number of benzene rings is 1. The molecule has 2 N–H and O–H groups in total. The summed E-state index contributed by atoms with van der Waals surface area (Å²) in [5, 5.41) is 24.2. The molecule has 0 aliphatic rings. The number of thiazole rings is 1. The maximum Gasteiger partial charge on any atom is 0.393 e. The number of aliphatic hydroxyl groups excluding tert-OH is 1. The van der Waals surface area contributed by atoms with Crippen LogP contribution in [0, 0.1) is 10.1 Å². The van der Waals surface area contributed by atoms with E-state index >= 15 is 0 Å². The summed E-state index contributed by atoms with van der Waals surface area (Å²) in [6.45, 7) is -0.0355. The highest BCUT2D eigenvalue weighted by molar-refractivity contribution is 7.15. The number of hydrogen-bond acceptors (Lipinski definition) is 7. The molecule has 24 heavy (non-hydrogen) atoms. The van der Waals surface area contributed by atoms with Crippen molar-refractivity contribution >= 4 is 28.0 Å². The van der Waals surface area contributed by atoms with E-state index in [1.165, 1.54) is 28.0 Å². The van der Waals surface area contributed by atoms with Gasteiger partial charge in [-0.2, -0.15) is 9.38 Å². The second kappa shape index (κ2) is 6.64. The van der Waals surface area contributed by atoms with E-state index in [-0.39, 0.29) is 36.5 Å². The number of fused-ring (bicyclic) bond motifs is 1. The van der Waals surface area contributed by atoms with Crippen LogP contribution >= 0.6 is 11.3 Å². The minimum absolute atomic E-state index is 0.132. The number of hydrogen-bond donors (Lipinski definition) is 2. The molecule has 0 bridgehead atoms. The summed E-state index contributed by atoms with van der Waals surface area (Å²) in [7, 11) is 0. The SMILES string of the molecule is O=C(NCCO)c1cccc(Oc2nc3sccn3c2[N+](=O)[O-])c1. The molecule has 0 radical (unpaired) electrons. The Kier molecular flexibility index (Phi) is 4.40. The van der Waals surface area contributed by atoms with Gasteiger partial charge in [-0.05, 0) is 23.1 Å². The van der Waals surface area contributed by atoms with Gasteiger partial charge in [0, 0.05) is 17.5 Å². The Balaban J connectivity index is 1.89. The van der Waals surface area contributed by atoms with Gasteiger partial charge in [0.2, 0.25) is 0 Å². The fourth-order valence-corrected chi connectivity index (χ4v) is 2.77. The van der Waals surface area contributed by atoms with Crippen LogP contribution in [0.1, 0.15) is 10.4 Å². The van der Waals surface area contributed by atoms with E-state index < -0.39 is 4.92 Å². The van der Waals surface area contributed by atoms with Crippen LogP contribution in [-0.4, -0.2) is 38.5 Å². The van der Waals surface area contributed by atoms with Crippen molar-refractivity contribution in [1.29, 1.82) is 0 Å². The largest absolute Gasteiger partial charge is 0.432 e. The molecule has 0 spiro atoms. The maximum atomic E-state index is 11.9. The Morgan fingerprint density at radius 1 is 1.50 bits per heavy atom. The number of aromatic nitrogens is 2. The fraction of sp³-hybridized carbons (Fsp3) is 0.143. The van der Waals surface area contributed by atoms with E-state index in [0.717, 1.165) is 0 Å². The van der Waals surface area contributed by atoms with Gasteiger partial charge in [0.15, 0.2) is 0 Å². The first-order valence-corrected chi connectivity index (χ1v) is 7.75. The van der Waals surface area contributed by atoms with Crippen molar-refractivity contribution in [3.8, 4) is 11.6 Å². The smallest absolute Gasteiger partial charge is 0.393 e. The lowest BCUT2D eigenvalue weighted by molar-refractivity contribution is -0.391. The molecule has 0 saturated carbocycles. The topological polar surface area (TPSA) is 119 Å². The third-order valence-electron chi connectivity index (χ3n) is 3.09. The molecule has 3 aromatic rings. The first-order chi connectivity index (χ1) is 11.6. The van der Waals surface area contributed by atoms with Crippen molar-refractivity contribution in [3.05, 3.63) is 51.5 Å². The highest BCUT2D eigenvalue weighted by Crippen LogP contribution is 2.33. The second-order valence-corrected chi connectivity index (χ2v) is 5.54. The van der Waals surface area contributed by atoms with Gasteiger partial charge in [0.1, 0.15) is 11.9 Å². The van der Waals surface area contributed by atoms with Gasteiger partial charge in [-0.1, -0.05) is 17.4 Å². The lowest BCUT2D eigenvalue weighted by atomic mass is 10.2. The van der Waals surface area contributed by atoms with E-state index in [1.54, 1.807) is 23.6 Å². The zero-order valence-electron chi connectivity index (χ0n) is 12.2. The monoisotopic (exact) mass is 348 g/mol. The number of carbonyl (C=O) groups is 1. The Morgan fingerprint density at radius 3 is 3.08 bits per heavy atom. The number of carbonyl (C=O) groups excluding carboxylic acids is 1. The molecule has 3 rings (SSSR count). The molecule has 0 aliphatic heterocycles. The van der Waals surface area contributed by atoms with Gasteiger partial charge < -0.3 is 25.3 Å². The number of amides is 1. The van der Waals surface area contributed by atoms with E-state index in [9.17, 15) is 14.9 Å². The van der Waals surface area contributed by atoms with E-state index in [0.29, 0.717) is 10.5 Å². The number of ether oxygens (including phenoxy) is 1. The van der Waals surface area contributed by atoms with Crippen LogP contribution in [-0.2, 0) is 0 Å². The second-order valence-electron chi connectivity index (χ2n) is 4.66. The molecule has 124 valence electrons. The van der Waals surface area contributed by atoms with Crippen LogP contribution in [0.5, 0.6) is 11.6 Å². The minimum Gasteiger partial charge on any atom is -0.432 e. The van der Waals surface area contributed by atoms with Crippen LogP contribution in [0.4, 0.5) is 5.82 Å². The Morgan fingerprint density at radius 2 is 2.33 bits per heavy atom. The third kappa shape index (κ3) is 3.05. The predicted molar refractivity (Wildman–Crippen MR) is 85.7 cm³/mol. The van der Waals surface area contributed by atoms with Crippen molar-refractivity contribution in [2.24, 2.45) is 0 Å². The minimum atomic E-state index is -0.570. The van der Waals surface area contributed by atoms with Crippen molar-refractivity contribution in [1.82, 2.24) is 14.7 Å². The molecule has 0 saturated heterocycles. The molecule has 1 aromatic carbocycles. The van der Waals surface area contributed by atoms with Crippen molar-refractivity contribution < 1.29 is 19.6 Å². The highest BCUT2D eigenvalue weighted by atomic mass is 32.1. The van der Waals surface area contributed by atoms with Crippen LogP contribution < -0.4 is 10.1 Å². The molecule has 0 unspecified atom stereocenters. The standard InChI is InChI=1S/C14H12N4O5S/c19-6-4-15-11(20)9-2-1-3-10(8-9)23-12-13(18(21)22)17-5-7-24-14(17)16-12/h1-3,5,7-8,19H,4,6H2,(H,15,20). The molecule has 2 heterocycles. The summed E-state index contributed by atoms with van der Waals surface area (Å²) in [6, 6.07) is 6.18. The molecule has 0 fully saturated rings. The normalized spacial score (nSPS) is 10.7. The highest BCUT2D eigenvalue weighted by Gasteiger charge is 2.25. The van der Waals surface area contributed by atoms with Gasteiger partial charge in [-0.3, -0.25) is 4.79 Å². The summed E-state index contributed by atoms with van der Waals surface area (Å²) < 4.78 is 6.84. The Hall–Kier alpha value is -2.98. The molecule has 1 amide bonds. The summed E-state index contributed by atoms with van der Waals surface area (Å²) in [5.74, 6) is -0.545. The van der Waals surface area contributed by atoms with Crippen molar-refractivity contribution in [3.63, 3.8) is 0 Å². The van der Waals surface area contributed by atoms with Gasteiger partial charge >= 0.3 is 11.7 Å². The zero-order chi connectivity index (χ0) is 17.1. The summed E-state index contributed by atoms with van der Waals surface area (Å²) in [4.78, 5) is 27.1. The van der Waals surface area contributed by atoms with Crippen molar-refractivity contribution in [2.75, 3.05) is 13.2 Å². The molecular weight excluding hydrogens is 336 g/mol. The van der Waals surface area contributed by atoms with Crippen molar-refractivity contribution in [2.45, 2.75) is 0 Å². The fourth-order valence-electron chi connectivity index (χ4n) is 2.07. The summed E-state index contributed by atoms with van der Waals surface area (Å²) in [5.41, 5.74) is 0.310. The average molecular weight is 348 g/mol. The Labute approximate surface area is 139 Å². The quantitative estimate of drug-likeness (QED) is 0.518.